The van der Waals surface area contributed by atoms with Crippen LogP contribution < -0.4 is 5.32 Å². The predicted molar refractivity (Wildman–Crippen MR) is 72.8 cm³/mol. The Bertz CT molecular complexity index is 470. The molecule has 0 aliphatic carbocycles. The van der Waals surface area contributed by atoms with Gasteiger partial charge in [-0.3, -0.25) is 9.78 Å². The molecule has 0 spiro atoms. The molecule has 0 fully saturated rings. The number of nitrogens with one attached hydrogen (secondary N) is 1. The third-order valence-corrected chi connectivity index (χ3v) is 2.53. The van der Waals surface area contributed by atoms with Crippen molar-refractivity contribution < 1.29 is 14.7 Å². The Kier molecular flexibility index (Phi) is 6.29. The largest absolute Gasteiger partial charge is 0.478 e. The van der Waals surface area contributed by atoms with Crippen LogP contribution in [0.3, 0.4) is 0 Å². The Morgan fingerprint density at radius 2 is 2.21 bits per heavy atom. The SMILES string of the molecule is CCCCCNC(=O)c1ncccc1/C=C/C(=O)O. The number of hydrogen-bond acceptors (Lipinski definition) is 3. The Labute approximate surface area is 112 Å². The maximum absolute atomic E-state index is 11.9. The molecule has 1 aromatic heterocycles. The first-order valence-corrected chi connectivity index (χ1v) is 6.29. The maximum atomic E-state index is 11.9. The summed E-state index contributed by atoms with van der Waals surface area (Å²) in [6.07, 6.45) is 6.95. The zero-order chi connectivity index (χ0) is 14.1. The quantitative estimate of drug-likeness (QED) is 0.582. The Balaban J connectivity index is 2.71. The summed E-state index contributed by atoms with van der Waals surface area (Å²) in [4.78, 5) is 26.4. The molecular formula is C14H18N2O3. The van der Waals surface area contributed by atoms with Crippen LogP contribution >= 0.6 is 0 Å². The number of carbonyl (C=O) groups is 2. The Morgan fingerprint density at radius 1 is 1.42 bits per heavy atom. The van der Waals surface area contributed by atoms with Crippen molar-refractivity contribution in [3.8, 4) is 0 Å². The van der Waals surface area contributed by atoms with Gasteiger partial charge in [0, 0.05) is 24.4 Å². The summed E-state index contributed by atoms with van der Waals surface area (Å²) < 4.78 is 0. The van der Waals surface area contributed by atoms with Crippen LogP contribution in [0.4, 0.5) is 0 Å². The lowest BCUT2D eigenvalue weighted by Crippen LogP contribution is -2.26. The van der Waals surface area contributed by atoms with E-state index >= 15 is 0 Å². The van der Waals surface area contributed by atoms with Gasteiger partial charge in [0.1, 0.15) is 5.69 Å². The lowest BCUT2D eigenvalue weighted by molar-refractivity contribution is -0.131. The van der Waals surface area contributed by atoms with Crippen molar-refractivity contribution in [2.45, 2.75) is 26.2 Å². The van der Waals surface area contributed by atoms with E-state index in [4.69, 9.17) is 5.11 Å². The van der Waals surface area contributed by atoms with Crippen molar-refractivity contribution in [2.75, 3.05) is 6.54 Å². The van der Waals surface area contributed by atoms with Gasteiger partial charge in [-0.2, -0.15) is 0 Å². The van der Waals surface area contributed by atoms with Gasteiger partial charge in [-0.25, -0.2) is 4.79 Å². The second-order valence-electron chi connectivity index (χ2n) is 4.08. The summed E-state index contributed by atoms with van der Waals surface area (Å²) in [5.74, 6) is -1.33. The van der Waals surface area contributed by atoms with E-state index in [1.807, 2.05) is 0 Å². The first-order valence-electron chi connectivity index (χ1n) is 6.29. The second kappa shape index (κ2) is 8.02. The molecule has 102 valence electrons. The summed E-state index contributed by atoms with van der Waals surface area (Å²) in [5.41, 5.74) is 0.745. The highest BCUT2D eigenvalue weighted by atomic mass is 16.4. The predicted octanol–water partition coefficient (Wildman–Crippen LogP) is 2.10. The highest BCUT2D eigenvalue weighted by molar-refractivity contribution is 5.97. The van der Waals surface area contributed by atoms with Gasteiger partial charge in [0.15, 0.2) is 0 Å². The molecule has 0 radical (unpaired) electrons. The van der Waals surface area contributed by atoms with Crippen molar-refractivity contribution in [1.29, 1.82) is 0 Å². The number of aliphatic carboxylic acids is 1. The van der Waals surface area contributed by atoms with E-state index < -0.39 is 5.97 Å². The van der Waals surface area contributed by atoms with E-state index in [1.54, 1.807) is 12.1 Å². The van der Waals surface area contributed by atoms with Crippen LogP contribution in [-0.4, -0.2) is 28.5 Å². The van der Waals surface area contributed by atoms with Gasteiger partial charge in [0.2, 0.25) is 0 Å². The van der Waals surface area contributed by atoms with Gasteiger partial charge in [0.25, 0.3) is 5.91 Å². The molecular weight excluding hydrogens is 244 g/mol. The standard InChI is InChI=1S/C14H18N2O3/c1-2-3-4-9-16-14(19)13-11(6-5-10-15-13)7-8-12(17)18/h5-8,10H,2-4,9H2,1H3,(H,16,19)(H,17,18)/b8-7+. The number of rotatable bonds is 7. The number of carboxylic acid groups (broad SMARTS) is 1. The zero-order valence-corrected chi connectivity index (χ0v) is 10.9. The molecule has 0 saturated heterocycles. The monoisotopic (exact) mass is 262 g/mol. The van der Waals surface area contributed by atoms with Gasteiger partial charge in [-0.05, 0) is 18.6 Å². The minimum atomic E-state index is -1.06. The third-order valence-electron chi connectivity index (χ3n) is 2.53. The Hall–Kier alpha value is -2.17. The fraction of sp³-hybridized carbons (Fsp3) is 0.357. The first-order chi connectivity index (χ1) is 9.15. The van der Waals surface area contributed by atoms with Gasteiger partial charge in [-0.15, -0.1) is 0 Å². The van der Waals surface area contributed by atoms with E-state index in [-0.39, 0.29) is 11.6 Å². The van der Waals surface area contributed by atoms with E-state index in [9.17, 15) is 9.59 Å². The molecule has 1 rings (SSSR count). The van der Waals surface area contributed by atoms with E-state index in [1.165, 1.54) is 12.3 Å². The van der Waals surface area contributed by atoms with Crippen molar-refractivity contribution in [2.24, 2.45) is 0 Å². The number of aromatic nitrogens is 1. The molecule has 0 atom stereocenters. The molecule has 0 aliphatic heterocycles. The molecule has 0 saturated carbocycles. The summed E-state index contributed by atoms with van der Waals surface area (Å²) >= 11 is 0. The lowest BCUT2D eigenvalue weighted by atomic mass is 10.1. The summed E-state index contributed by atoms with van der Waals surface area (Å²) in [6, 6.07) is 3.32. The van der Waals surface area contributed by atoms with Crippen molar-refractivity contribution in [3.05, 3.63) is 35.7 Å². The van der Waals surface area contributed by atoms with Crippen LogP contribution in [0.5, 0.6) is 0 Å². The van der Waals surface area contributed by atoms with Crippen molar-refractivity contribution in [1.82, 2.24) is 10.3 Å². The van der Waals surface area contributed by atoms with E-state index in [0.29, 0.717) is 12.1 Å². The molecule has 0 unspecified atom stereocenters. The summed E-state index contributed by atoms with van der Waals surface area (Å²) in [6.45, 7) is 2.70. The molecule has 5 nitrogen and oxygen atoms in total. The smallest absolute Gasteiger partial charge is 0.328 e. The zero-order valence-electron chi connectivity index (χ0n) is 10.9. The number of carbonyl (C=O) groups excluding carboxylic acids is 1. The number of hydrogen-bond donors (Lipinski definition) is 2. The molecule has 0 aliphatic rings. The van der Waals surface area contributed by atoms with Crippen LogP contribution in [0, 0.1) is 0 Å². The van der Waals surface area contributed by atoms with Crippen LogP contribution in [0.2, 0.25) is 0 Å². The summed E-state index contributed by atoms with van der Waals surface area (Å²) in [5, 5.41) is 11.4. The van der Waals surface area contributed by atoms with Crippen LogP contribution in [0.1, 0.15) is 42.2 Å². The van der Waals surface area contributed by atoms with Crippen LogP contribution in [-0.2, 0) is 4.79 Å². The molecule has 0 bridgehead atoms. The second-order valence-corrected chi connectivity index (χ2v) is 4.08. The minimum Gasteiger partial charge on any atom is -0.478 e. The van der Waals surface area contributed by atoms with Crippen molar-refractivity contribution >= 4 is 18.0 Å². The van der Waals surface area contributed by atoms with Crippen LogP contribution in [0.25, 0.3) is 6.08 Å². The van der Waals surface area contributed by atoms with Gasteiger partial charge in [0.05, 0.1) is 0 Å². The minimum absolute atomic E-state index is 0.247. The number of pyridine rings is 1. The number of carboxylic acids is 1. The summed E-state index contributed by atoms with van der Waals surface area (Å²) in [7, 11) is 0. The van der Waals surface area contributed by atoms with Gasteiger partial charge in [-0.1, -0.05) is 25.8 Å². The number of amides is 1. The molecule has 2 N–H and O–H groups in total. The highest BCUT2D eigenvalue weighted by Crippen LogP contribution is 2.07. The topological polar surface area (TPSA) is 79.3 Å². The molecule has 1 amide bonds. The number of nitrogens with zero attached hydrogens (tertiary/aromatic N) is 1. The van der Waals surface area contributed by atoms with Crippen molar-refractivity contribution in [3.63, 3.8) is 0 Å². The first kappa shape index (κ1) is 14.9. The van der Waals surface area contributed by atoms with Gasteiger partial charge < -0.3 is 10.4 Å². The molecule has 0 aromatic carbocycles. The molecule has 1 heterocycles. The maximum Gasteiger partial charge on any atom is 0.328 e. The molecule has 19 heavy (non-hydrogen) atoms. The normalized spacial score (nSPS) is 10.6. The molecule has 5 heteroatoms. The number of unbranched alkanes of at least 4 members (excludes halogenated alkanes) is 2. The fourth-order valence-electron chi connectivity index (χ4n) is 1.56. The van der Waals surface area contributed by atoms with Crippen LogP contribution in [0.15, 0.2) is 24.4 Å². The van der Waals surface area contributed by atoms with Gasteiger partial charge >= 0.3 is 5.97 Å². The fourth-order valence-corrected chi connectivity index (χ4v) is 1.56. The molecule has 1 aromatic rings. The lowest BCUT2D eigenvalue weighted by Gasteiger charge is -2.06. The van der Waals surface area contributed by atoms with E-state index in [2.05, 4.69) is 17.2 Å². The average Bonchev–Trinajstić information content (AvgIpc) is 2.41. The average molecular weight is 262 g/mol. The third kappa shape index (κ3) is 5.33. The Morgan fingerprint density at radius 3 is 2.89 bits per heavy atom. The highest BCUT2D eigenvalue weighted by Gasteiger charge is 2.10. The van der Waals surface area contributed by atoms with E-state index in [0.717, 1.165) is 25.3 Å².